The highest BCUT2D eigenvalue weighted by Gasteiger charge is 2.31. The van der Waals surface area contributed by atoms with Crippen LogP contribution in [-0.2, 0) is 19.6 Å². The van der Waals surface area contributed by atoms with Gasteiger partial charge < -0.3 is 9.47 Å². The number of nitrogens with zero attached hydrogens (tertiary/aromatic N) is 1. The van der Waals surface area contributed by atoms with Crippen LogP contribution >= 0.6 is 0 Å². The first-order valence-electron chi connectivity index (χ1n) is 8.84. The number of aryl methyl sites for hydroxylation is 2. The highest BCUT2D eigenvalue weighted by Crippen LogP contribution is 2.22. The summed E-state index contributed by atoms with van der Waals surface area (Å²) in [5, 5.41) is 0. The number of fused-ring (bicyclic) bond motifs is 1. The second-order valence-corrected chi connectivity index (χ2v) is 8.19. The predicted molar refractivity (Wildman–Crippen MR) is 105 cm³/mol. The Morgan fingerprint density at radius 1 is 1.14 bits per heavy atom. The monoisotopic (exact) mass is 402 g/mol. The maximum absolute atomic E-state index is 12.2. The molecule has 0 amide bonds. The molecule has 0 saturated carbocycles. The van der Waals surface area contributed by atoms with Gasteiger partial charge in [0.25, 0.3) is 10.0 Å². The Labute approximate surface area is 164 Å². The molecule has 0 bridgehead atoms. The molecule has 8 heteroatoms. The third-order valence-corrected chi connectivity index (χ3v) is 5.65. The highest BCUT2D eigenvalue weighted by molar-refractivity contribution is 7.90. The first-order chi connectivity index (χ1) is 13.3. The van der Waals surface area contributed by atoms with Crippen LogP contribution in [0.1, 0.15) is 23.6 Å². The van der Waals surface area contributed by atoms with Crippen LogP contribution in [-0.4, -0.2) is 39.5 Å². The topological polar surface area (TPSA) is 94.1 Å². The molecule has 0 spiro atoms. The summed E-state index contributed by atoms with van der Waals surface area (Å²) in [6, 6.07) is 11.5. The Balaban J connectivity index is 1.57. The minimum Gasteiger partial charge on any atom is -0.490 e. The van der Waals surface area contributed by atoms with E-state index in [0.29, 0.717) is 5.56 Å². The zero-order chi connectivity index (χ0) is 20.3. The highest BCUT2D eigenvalue weighted by atomic mass is 32.2. The van der Waals surface area contributed by atoms with Crippen molar-refractivity contribution in [2.24, 2.45) is 4.99 Å². The molecule has 0 unspecified atom stereocenters. The lowest BCUT2D eigenvalue weighted by Gasteiger charge is -2.12. The minimum atomic E-state index is -3.64. The lowest BCUT2D eigenvalue weighted by molar-refractivity contribution is -0.145. The van der Waals surface area contributed by atoms with Crippen molar-refractivity contribution in [3.8, 4) is 5.75 Å². The van der Waals surface area contributed by atoms with E-state index in [1.807, 2.05) is 32.0 Å². The number of aliphatic imine (C=N–C) groups is 1. The number of ether oxygens (including phenoxy) is 2. The van der Waals surface area contributed by atoms with Gasteiger partial charge in [-0.05, 0) is 50.1 Å². The van der Waals surface area contributed by atoms with Crippen LogP contribution in [0.5, 0.6) is 5.75 Å². The van der Waals surface area contributed by atoms with Crippen molar-refractivity contribution in [2.75, 3.05) is 13.2 Å². The van der Waals surface area contributed by atoms with Crippen LogP contribution < -0.4 is 9.46 Å². The smallest absolute Gasteiger partial charge is 0.330 e. The molecule has 1 heterocycles. The molecule has 0 saturated heterocycles. The molecule has 148 valence electrons. The predicted octanol–water partition coefficient (Wildman–Crippen LogP) is 2.35. The number of benzene rings is 2. The average molecular weight is 402 g/mol. The molecule has 7 nitrogen and oxygen atoms in total. The molecular weight excluding hydrogens is 380 g/mol. The number of hydrogen-bond acceptors (Lipinski definition) is 6. The van der Waals surface area contributed by atoms with E-state index in [4.69, 9.17) is 9.47 Å². The van der Waals surface area contributed by atoms with Crippen LogP contribution in [0.4, 0.5) is 0 Å². The number of hydrogen-bond donors (Lipinski definition) is 1. The van der Waals surface area contributed by atoms with Crippen molar-refractivity contribution in [3.05, 3.63) is 59.2 Å². The fourth-order valence-corrected chi connectivity index (χ4v) is 3.99. The summed E-state index contributed by atoms with van der Waals surface area (Å²) in [5.74, 6) is 0.341. The summed E-state index contributed by atoms with van der Waals surface area (Å²) in [5.41, 5.74) is 2.53. The molecule has 2 aromatic carbocycles. The number of nitrogens with one attached hydrogen (secondary N) is 1. The van der Waals surface area contributed by atoms with Crippen LogP contribution in [0.15, 0.2) is 52.4 Å². The number of amidine groups is 1. The summed E-state index contributed by atoms with van der Waals surface area (Å²) < 4.78 is 37.4. The molecule has 0 fully saturated rings. The molecule has 1 aliphatic rings. The van der Waals surface area contributed by atoms with Crippen molar-refractivity contribution in [3.63, 3.8) is 0 Å². The molecule has 1 N–H and O–H groups in total. The van der Waals surface area contributed by atoms with Crippen LogP contribution in [0, 0.1) is 13.8 Å². The van der Waals surface area contributed by atoms with Crippen LogP contribution in [0.2, 0.25) is 0 Å². The SMILES string of the molecule is Cc1ccc(C)c(OCCOC(=O)[C@H](C)N=C2NS(=O)(=O)c3ccccc32)c1. The van der Waals surface area contributed by atoms with E-state index in [1.54, 1.807) is 25.1 Å². The molecule has 1 aliphatic heterocycles. The van der Waals surface area contributed by atoms with E-state index in [0.717, 1.165) is 16.9 Å². The van der Waals surface area contributed by atoms with E-state index in [2.05, 4.69) is 9.71 Å². The third-order valence-electron chi connectivity index (χ3n) is 4.26. The average Bonchev–Trinajstić information content (AvgIpc) is 2.92. The van der Waals surface area contributed by atoms with Gasteiger partial charge in [0.2, 0.25) is 0 Å². The molecule has 2 aromatic rings. The molecule has 3 rings (SSSR count). The van der Waals surface area contributed by atoms with Gasteiger partial charge >= 0.3 is 5.97 Å². The van der Waals surface area contributed by atoms with Crippen LogP contribution in [0.3, 0.4) is 0 Å². The summed E-state index contributed by atoms with van der Waals surface area (Å²) >= 11 is 0. The lowest BCUT2D eigenvalue weighted by Crippen LogP contribution is -2.27. The maximum atomic E-state index is 12.2. The summed E-state index contributed by atoms with van der Waals surface area (Å²) in [6.45, 7) is 5.76. The zero-order valence-corrected chi connectivity index (χ0v) is 16.7. The standard InChI is InChI=1S/C20H22N2O5S/c1-13-8-9-14(2)17(12-13)26-10-11-27-20(23)15(3)21-19-16-6-4-5-7-18(16)28(24,25)22-19/h4-9,12,15H,10-11H2,1-3H3,(H,21,22)/t15-/m0/s1. The van der Waals surface area contributed by atoms with E-state index < -0.39 is 22.0 Å². The summed E-state index contributed by atoms with van der Waals surface area (Å²) in [4.78, 5) is 16.5. The van der Waals surface area contributed by atoms with Gasteiger partial charge in [-0.1, -0.05) is 24.3 Å². The Morgan fingerprint density at radius 2 is 1.89 bits per heavy atom. The minimum absolute atomic E-state index is 0.0731. The first-order valence-corrected chi connectivity index (χ1v) is 10.3. The quantitative estimate of drug-likeness (QED) is 0.591. The fraction of sp³-hybridized carbons (Fsp3) is 0.300. The van der Waals surface area contributed by atoms with Gasteiger partial charge in [-0.2, -0.15) is 0 Å². The fourth-order valence-electron chi connectivity index (χ4n) is 2.75. The van der Waals surface area contributed by atoms with Gasteiger partial charge in [0.15, 0.2) is 0 Å². The summed E-state index contributed by atoms with van der Waals surface area (Å²) in [7, 11) is -3.64. The van der Waals surface area contributed by atoms with E-state index in [9.17, 15) is 13.2 Å². The maximum Gasteiger partial charge on any atom is 0.330 e. The molecular formula is C20H22N2O5S. The van der Waals surface area contributed by atoms with Crippen molar-refractivity contribution in [2.45, 2.75) is 31.7 Å². The van der Waals surface area contributed by atoms with Crippen molar-refractivity contribution >= 4 is 21.8 Å². The zero-order valence-electron chi connectivity index (χ0n) is 15.9. The lowest BCUT2D eigenvalue weighted by atomic mass is 10.1. The molecule has 0 radical (unpaired) electrons. The Morgan fingerprint density at radius 3 is 2.68 bits per heavy atom. The van der Waals surface area contributed by atoms with Gasteiger partial charge in [-0.3, -0.25) is 9.71 Å². The molecule has 0 aromatic heterocycles. The first kappa shape index (κ1) is 19.9. The number of rotatable bonds is 6. The van der Waals surface area contributed by atoms with E-state index in [-0.39, 0.29) is 23.9 Å². The van der Waals surface area contributed by atoms with Gasteiger partial charge in [0.1, 0.15) is 30.8 Å². The molecule has 28 heavy (non-hydrogen) atoms. The Bertz CT molecular complexity index is 1030. The number of esters is 1. The van der Waals surface area contributed by atoms with Crippen molar-refractivity contribution in [1.29, 1.82) is 0 Å². The second kappa shape index (κ2) is 8.02. The van der Waals surface area contributed by atoms with Crippen LogP contribution in [0.25, 0.3) is 0 Å². The Hall–Kier alpha value is -2.87. The van der Waals surface area contributed by atoms with E-state index in [1.165, 1.54) is 6.07 Å². The van der Waals surface area contributed by atoms with E-state index >= 15 is 0 Å². The van der Waals surface area contributed by atoms with Gasteiger partial charge in [-0.25, -0.2) is 13.2 Å². The molecule has 0 aliphatic carbocycles. The number of sulfonamides is 1. The van der Waals surface area contributed by atoms with Crippen molar-refractivity contribution in [1.82, 2.24) is 4.72 Å². The molecule has 1 atom stereocenters. The van der Waals surface area contributed by atoms with Gasteiger partial charge in [-0.15, -0.1) is 0 Å². The third kappa shape index (κ3) is 4.33. The number of carbonyl (C=O) groups excluding carboxylic acids is 1. The van der Waals surface area contributed by atoms with Crippen molar-refractivity contribution < 1.29 is 22.7 Å². The Kier molecular flexibility index (Phi) is 5.69. The van der Waals surface area contributed by atoms with Gasteiger partial charge in [0.05, 0.1) is 4.90 Å². The second-order valence-electron chi connectivity index (χ2n) is 6.54. The summed E-state index contributed by atoms with van der Waals surface area (Å²) in [6.07, 6.45) is 0. The normalized spacial score (nSPS) is 16.9. The largest absolute Gasteiger partial charge is 0.490 e. The van der Waals surface area contributed by atoms with Gasteiger partial charge in [0, 0.05) is 5.56 Å². The number of carbonyl (C=O) groups is 1.